The minimum absolute atomic E-state index is 0.567. The van der Waals surface area contributed by atoms with Crippen molar-refractivity contribution in [1.82, 2.24) is 0 Å². The van der Waals surface area contributed by atoms with Gasteiger partial charge in [0, 0.05) is 0 Å². The van der Waals surface area contributed by atoms with Crippen LogP contribution >= 0.6 is 0 Å². The third kappa shape index (κ3) is 9.53. The van der Waals surface area contributed by atoms with E-state index in [-0.39, 0.29) is 0 Å². The van der Waals surface area contributed by atoms with Gasteiger partial charge in [0.1, 0.15) is 0 Å². The quantitative estimate of drug-likeness (QED) is 0.118. The van der Waals surface area contributed by atoms with Crippen LogP contribution in [0.4, 0.5) is 0 Å². The van der Waals surface area contributed by atoms with Gasteiger partial charge in [-0.1, -0.05) is 0 Å². The fraction of sp³-hybridized carbons (Fsp3) is 0.500. The van der Waals surface area contributed by atoms with Gasteiger partial charge in [0.25, 0.3) is 0 Å². The fourth-order valence-electron chi connectivity index (χ4n) is 7.10. The average molecular weight is 770 g/mol. The zero-order valence-electron chi connectivity index (χ0n) is 33.8. The zero-order valence-corrected chi connectivity index (χ0v) is 38.0. The van der Waals surface area contributed by atoms with E-state index in [1.807, 2.05) is 0 Å². The van der Waals surface area contributed by atoms with Gasteiger partial charge < -0.3 is 0 Å². The number of hydrogen-bond acceptors (Lipinski definition) is 0. The summed E-state index contributed by atoms with van der Waals surface area (Å²) in [5, 5.41) is 0. The van der Waals surface area contributed by atoms with Gasteiger partial charge in [0.15, 0.2) is 0 Å². The third-order valence-electron chi connectivity index (χ3n) is 10.1. The van der Waals surface area contributed by atoms with Crippen LogP contribution in [0.3, 0.4) is 0 Å². The van der Waals surface area contributed by atoms with E-state index in [1.54, 1.807) is 19.9 Å². The Morgan fingerprint density at radius 3 is 1.42 bits per heavy atom. The maximum absolute atomic E-state index is 2.50. The summed E-state index contributed by atoms with van der Waals surface area (Å²) in [5.74, 6) is 16.8. The van der Waals surface area contributed by atoms with Crippen molar-refractivity contribution >= 4 is 35.3 Å². The normalized spacial score (nSPS) is 12.2. The molecular formula is C44H68Ge2N2+2. The summed E-state index contributed by atoms with van der Waals surface area (Å²) in [7, 11) is 4.41. The van der Waals surface area contributed by atoms with Crippen LogP contribution in [0, 0.1) is 20.8 Å². The molecule has 4 aromatic rings. The molecule has 0 radical (unpaired) electrons. The molecule has 0 fully saturated rings. The molecule has 0 atom stereocenters. The van der Waals surface area contributed by atoms with E-state index in [0.717, 1.165) is 0 Å². The molecule has 0 amide bonds. The van der Waals surface area contributed by atoms with Crippen molar-refractivity contribution in [2.75, 3.05) is 0 Å². The first kappa shape index (κ1) is 40.3. The van der Waals surface area contributed by atoms with Crippen molar-refractivity contribution in [2.45, 2.75) is 127 Å². The van der Waals surface area contributed by atoms with Gasteiger partial charge in [-0.15, -0.1) is 0 Å². The number of aryl methyl sites for hydroxylation is 5. The first-order valence-corrected chi connectivity index (χ1v) is 33.2. The Bertz CT molecular complexity index is 1710. The first-order chi connectivity index (χ1) is 22.2. The molecule has 0 aliphatic carbocycles. The summed E-state index contributed by atoms with van der Waals surface area (Å²) in [4.78, 5) is 0. The summed E-state index contributed by atoms with van der Waals surface area (Å²) < 4.78 is 7.97. The van der Waals surface area contributed by atoms with Gasteiger partial charge in [0.2, 0.25) is 0 Å². The number of hydrogen-bond donors (Lipinski definition) is 0. The summed E-state index contributed by atoms with van der Waals surface area (Å²) in [6, 6.07) is 18.8. The Hall–Kier alpha value is -2.17. The molecule has 0 N–H and O–H groups in total. The molecular weight excluding hydrogens is 702 g/mol. The van der Waals surface area contributed by atoms with Crippen molar-refractivity contribution in [3.05, 3.63) is 94.3 Å². The van der Waals surface area contributed by atoms with Crippen LogP contribution in [0.2, 0.25) is 34.5 Å². The molecule has 2 heterocycles. The summed E-state index contributed by atoms with van der Waals surface area (Å²) in [5.41, 5.74) is 14.1. The Kier molecular flexibility index (Phi) is 13.6. The summed E-state index contributed by atoms with van der Waals surface area (Å²) >= 11 is -3.77. The van der Waals surface area contributed by atoms with E-state index in [0.29, 0.717) is 17.8 Å². The van der Waals surface area contributed by atoms with Crippen LogP contribution < -0.4 is 17.9 Å². The molecule has 260 valence electrons. The Morgan fingerprint density at radius 2 is 1.02 bits per heavy atom. The topological polar surface area (TPSA) is 7.76 Å². The van der Waals surface area contributed by atoms with Gasteiger partial charge in [0.05, 0.1) is 0 Å². The van der Waals surface area contributed by atoms with E-state index in [9.17, 15) is 0 Å². The van der Waals surface area contributed by atoms with Crippen LogP contribution in [0.15, 0.2) is 60.9 Å². The molecule has 0 aliphatic rings. The van der Waals surface area contributed by atoms with Gasteiger partial charge in [-0.3, -0.25) is 0 Å². The van der Waals surface area contributed by atoms with E-state index < -0.39 is 26.5 Å². The average Bonchev–Trinajstić information content (AvgIpc) is 2.98. The second-order valence-corrected chi connectivity index (χ2v) is 38.1. The van der Waals surface area contributed by atoms with Gasteiger partial charge in [-0.2, -0.15) is 0 Å². The standard InChI is InChI=1S/C24H38GeN.C20H30GeN/c1-10-19(11-2)20-13-12-18(5)22(14-20)24-15-21(17(3)4)23(16-26(24)9)25(6,7)8;1-14(2)18-12-20(17-10-9-15(3)11-16(17)4)22(8)13-19(18)21(5,6)7/h12-17,19H,10-11H2,1-9H3;9-14H,1-8H3/q2*+1. The molecule has 0 bridgehead atoms. The molecule has 0 aliphatic heterocycles. The van der Waals surface area contributed by atoms with Crippen LogP contribution in [0.1, 0.15) is 106 Å². The SMILES string of the molecule is CCC(CC)c1ccc(C)c(-c2cc(C(C)C)[c]([Ge]([CH3])([CH3])[CH3])c[n+]2C)c1.Cc1ccc(-c2cc(C(C)C)[c]([Ge]([CH3])([CH3])[CH3])c[n+]2C)c(C)c1. The third-order valence-corrected chi connectivity index (χ3v) is 18.7. The van der Waals surface area contributed by atoms with Crippen molar-refractivity contribution in [3.63, 3.8) is 0 Å². The number of rotatable bonds is 9. The molecule has 4 rings (SSSR count). The van der Waals surface area contributed by atoms with E-state index >= 15 is 0 Å². The molecule has 0 saturated heterocycles. The molecule has 2 aromatic heterocycles. The van der Waals surface area contributed by atoms with Gasteiger partial charge in [-0.25, -0.2) is 0 Å². The van der Waals surface area contributed by atoms with Crippen LogP contribution in [-0.4, -0.2) is 26.5 Å². The fourth-order valence-corrected chi connectivity index (χ4v) is 14.7. The minimum atomic E-state index is -1.90. The van der Waals surface area contributed by atoms with Crippen molar-refractivity contribution in [1.29, 1.82) is 0 Å². The second kappa shape index (κ2) is 16.2. The predicted octanol–water partition coefficient (Wildman–Crippen LogP) is 10.5. The van der Waals surface area contributed by atoms with Crippen LogP contribution in [-0.2, 0) is 14.1 Å². The van der Waals surface area contributed by atoms with E-state index in [4.69, 9.17) is 0 Å². The Morgan fingerprint density at radius 1 is 0.562 bits per heavy atom. The molecule has 48 heavy (non-hydrogen) atoms. The van der Waals surface area contributed by atoms with Gasteiger partial charge >= 0.3 is 303 Å². The van der Waals surface area contributed by atoms with E-state index in [1.165, 1.54) is 57.6 Å². The number of aromatic nitrogens is 2. The number of benzene rings is 2. The van der Waals surface area contributed by atoms with Crippen molar-refractivity contribution < 1.29 is 9.13 Å². The first-order valence-electron chi connectivity index (χ1n) is 18.5. The maximum atomic E-state index is 2.50. The Balaban J connectivity index is 0.000000264. The monoisotopic (exact) mass is 772 g/mol. The van der Waals surface area contributed by atoms with Crippen molar-refractivity contribution in [3.8, 4) is 22.5 Å². The molecule has 4 heteroatoms. The van der Waals surface area contributed by atoms with E-state index in [2.05, 4.69) is 181 Å². The molecule has 0 spiro atoms. The van der Waals surface area contributed by atoms with Crippen LogP contribution in [0.5, 0.6) is 0 Å². The second-order valence-electron chi connectivity index (χ2n) is 17.0. The molecule has 2 nitrogen and oxygen atoms in total. The predicted molar refractivity (Wildman–Crippen MR) is 218 cm³/mol. The summed E-state index contributed by atoms with van der Waals surface area (Å²) in [6.45, 7) is 20.5. The molecule has 0 saturated carbocycles. The van der Waals surface area contributed by atoms with Crippen LogP contribution in [0.25, 0.3) is 22.5 Å². The molecule has 2 aromatic carbocycles. The number of pyridine rings is 2. The zero-order chi connectivity index (χ0) is 36.3. The van der Waals surface area contributed by atoms with Gasteiger partial charge in [-0.05, 0) is 0 Å². The summed E-state index contributed by atoms with van der Waals surface area (Å²) in [6.07, 6.45) is 7.26. The van der Waals surface area contributed by atoms with Crippen molar-refractivity contribution in [2.24, 2.45) is 14.1 Å². The number of nitrogens with zero attached hydrogens (tertiary/aromatic N) is 2. The Labute approximate surface area is 301 Å². The molecule has 0 unspecified atom stereocenters.